The van der Waals surface area contributed by atoms with E-state index in [1.807, 2.05) is 79.1 Å². The van der Waals surface area contributed by atoms with Crippen molar-refractivity contribution < 1.29 is 0 Å². The van der Waals surface area contributed by atoms with Gasteiger partial charge in [-0.15, -0.1) is 0 Å². The summed E-state index contributed by atoms with van der Waals surface area (Å²) >= 11 is 0. The van der Waals surface area contributed by atoms with E-state index < -0.39 is 0 Å². The quantitative estimate of drug-likeness (QED) is 0.0998. The molecule has 282 valence electrons. The van der Waals surface area contributed by atoms with Crippen LogP contribution in [0, 0.1) is 0 Å². The SMILES string of the molecule is CC1(C)c2ccccc2-c2ccc(-c3cc(CN=C(N=C(N)c4ccccc4)c4ccccc4)cc(-c4ccc(-c5ccnc6c5ccc5cccnc56)cc4)c3)cc21. The second-order valence-corrected chi connectivity index (χ2v) is 15.7. The third kappa shape index (κ3) is 6.67. The molecule has 59 heavy (non-hydrogen) atoms. The summed E-state index contributed by atoms with van der Waals surface area (Å²) in [4.78, 5) is 19.4. The molecule has 2 N–H and O–H groups in total. The Morgan fingerprint density at radius 2 is 1.17 bits per heavy atom. The number of hydrogen-bond donors (Lipinski definition) is 1. The standard InChI is InChI=1S/C54H41N5/c1-54(2)48-18-10-9-17-45(48)46-25-24-41(33-49(46)54)43-31-35(34-58-53(40-14-7-4-8-15-40)59-52(55)39-12-5-3-6-13-39)30-42(32-43)36-19-21-37(22-20-36)44-27-29-57-51-47(44)26-23-38-16-11-28-56-50(38)51/h3-33H,34H2,1-2H3,(H2,55,58,59). The van der Waals surface area contributed by atoms with Crippen LogP contribution in [-0.4, -0.2) is 21.6 Å². The van der Waals surface area contributed by atoms with Crippen LogP contribution >= 0.6 is 0 Å². The molecular formula is C54H41N5. The second-order valence-electron chi connectivity index (χ2n) is 15.7. The summed E-state index contributed by atoms with van der Waals surface area (Å²) < 4.78 is 0. The minimum Gasteiger partial charge on any atom is -0.383 e. The molecule has 10 rings (SSSR count). The van der Waals surface area contributed by atoms with Gasteiger partial charge in [-0.3, -0.25) is 15.0 Å². The highest BCUT2D eigenvalue weighted by Crippen LogP contribution is 2.49. The Kier molecular flexibility index (Phi) is 8.99. The van der Waals surface area contributed by atoms with Crippen molar-refractivity contribution in [1.82, 2.24) is 9.97 Å². The van der Waals surface area contributed by atoms with E-state index in [1.54, 1.807) is 0 Å². The number of amidine groups is 2. The van der Waals surface area contributed by atoms with Crippen molar-refractivity contribution >= 4 is 33.5 Å². The maximum Gasteiger partial charge on any atom is 0.157 e. The molecular weight excluding hydrogens is 719 g/mol. The number of fused-ring (bicyclic) bond motifs is 6. The smallest absolute Gasteiger partial charge is 0.157 e. The number of benzene rings is 7. The molecule has 0 unspecified atom stereocenters. The van der Waals surface area contributed by atoms with E-state index in [0.717, 1.165) is 66.3 Å². The van der Waals surface area contributed by atoms with Crippen molar-refractivity contribution in [2.24, 2.45) is 15.7 Å². The van der Waals surface area contributed by atoms with Gasteiger partial charge >= 0.3 is 0 Å². The highest BCUT2D eigenvalue weighted by atomic mass is 15.0. The Morgan fingerprint density at radius 3 is 1.97 bits per heavy atom. The molecule has 0 radical (unpaired) electrons. The van der Waals surface area contributed by atoms with Crippen LogP contribution in [0.4, 0.5) is 0 Å². The molecule has 2 heterocycles. The highest BCUT2D eigenvalue weighted by Gasteiger charge is 2.35. The molecule has 0 fully saturated rings. The molecule has 0 spiro atoms. The molecule has 1 aliphatic rings. The van der Waals surface area contributed by atoms with Crippen LogP contribution < -0.4 is 5.73 Å². The summed E-state index contributed by atoms with van der Waals surface area (Å²) in [6, 6.07) is 61.7. The molecule has 2 aromatic heterocycles. The van der Waals surface area contributed by atoms with Crippen LogP contribution in [0.25, 0.3) is 66.3 Å². The summed E-state index contributed by atoms with van der Waals surface area (Å²) in [5.74, 6) is 1.02. The Bertz CT molecular complexity index is 3090. The van der Waals surface area contributed by atoms with Gasteiger partial charge in [0.2, 0.25) is 0 Å². The Morgan fingerprint density at radius 1 is 0.508 bits per heavy atom. The van der Waals surface area contributed by atoms with Gasteiger partial charge in [-0.05, 0) is 97.6 Å². The van der Waals surface area contributed by atoms with Gasteiger partial charge < -0.3 is 5.73 Å². The maximum absolute atomic E-state index is 6.57. The van der Waals surface area contributed by atoms with E-state index in [1.165, 1.54) is 27.8 Å². The fourth-order valence-corrected chi connectivity index (χ4v) is 8.58. The molecule has 0 atom stereocenters. The second kappa shape index (κ2) is 14.8. The average molecular weight is 760 g/mol. The zero-order valence-electron chi connectivity index (χ0n) is 33.0. The van der Waals surface area contributed by atoms with Gasteiger partial charge in [0.1, 0.15) is 5.84 Å². The van der Waals surface area contributed by atoms with E-state index in [0.29, 0.717) is 18.2 Å². The summed E-state index contributed by atoms with van der Waals surface area (Å²) in [5, 5.41) is 2.17. The van der Waals surface area contributed by atoms with Gasteiger partial charge in [-0.25, -0.2) is 4.99 Å². The third-order valence-corrected chi connectivity index (χ3v) is 11.7. The van der Waals surface area contributed by atoms with Gasteiger partial charge in [-0.1, -0.05) is 153 Å². The zero-order chi connectivity index (χ0) is 39.9. The predicted molar refractivity (Wildman–Crippen MR) is 245 cm³/mol. The molecule has 7 aromatic carbocycles. The molecule has 0 saturated carbocycles. The lowest BCUT2D eigenvalue weighted by atomic mass is 9.81. The minimum absolute atomic E-state index is 0.108. The van der Waals surface area contributed by atoms with Crippen LogP contribution in [0.2, 0.25) is 0 Å². The fraction of sp³-hybridized carbons (Fsp3) is 0.0741. The minimum atomic E-state index is -0.108. The van der Waals surface area contributed by atoms with Gasteiger partial charge in [0.15, 0.2) is 5.84 Å². The maximum atomic E-state index is 6.57. The number of pyridine rings is 2. The van der Waals surface area contributed by atoms with Crippen LogP contribution in [-0.2, 0) is 12.0 Å². The van der Waals surface area contributed by atoms with Crippen molar-refractivity contribution in [2.45, 2.75) is 25.8 Å². The molecule has 1 aliphatic carbocycles. The first kappa shape index (κ1) is 35.9. The number of nitrogens with two attached hydrogens (primary N) is 1. The largest absolute Gasteiger partial charge is 0.383 e. The molecule has 9 aromatic rings. The van der Waals surface area contributed by atoms with Gasteiger partial charge in [0.25, 0.3) is 0 Å². The van der Waals surface area contributed by atoms with Crippen molar-refractivity contribution in [3.05, 3.63) is 216 Å². The highest BCUT2D eigenvalue weighted by molar-refractivity contribution is 6.11. The molecule has 5 nitrogen and oxygen atoms in total. The predicted octanol–water partition coefficient (Wildman–Crippen LogP) is 12.4. The van der Waals surface area contributed by atoms with Crippen molar-refractivity contribution in [2.75, 3.05) is 0 Å². The van der Waals surface area contributed by atoms with Crippen LogP contribution in [0.1, 0.15) is 41.7 Å². The van der Waals surface area contributed by atoms with Gasteiger partial charge in [0.05, 0.1) is 17.6 Å². The van der Waals surface area contributed by atoms with Crippen molar-refractivity contribution in [3.8, 4) is 44.5 Å². The summed E-state index contributed by atoms with van der Waals surface area (Å²) in [6.45, 7) is 5.08. The number of nitrogens with zero attached hydrogens (tertiary/aromatic N) is 4. The lowest BCUT2D eigenvalue weighted by Gasteiger charge is -2.22. The summed E-state index contributed by atoms with van der Waals surface area (Å²) in [6.07, 6.45) is 3.71. The molecule has 5 heteroatoms. The first-order valence-electron chi connectivity index (χ1n) is 20.0. The van der Waals surface area contributed by atoms with E-state index in [4.69, 9.17) is 20.7 Å². The van der Waals surface area contributed by atoms with Crippen LogP contribution in [0.3, 0.4) is 0 Å². The number of aliphatic imine (C=N–C) groups is 2. The van der Waals surface area contributed by atoms with Gasteiger partial charge in [-0.2, -0.15) is 0 Å². The molecule has 0 aliphatic heterocycles. The number of aromatic nitrogens is 2. The first-order valence-corrected chi connectivity index (χ1v) is 20.0. The number of hydrogen-bond acceptors (Lipinski definition) is 3. The van der Waals surface area contributed by atoms with E-state index in [9.17, 15) is 0 Å². The Labute approximate surface area is 344 Å². The summed E-state index contributed by atoms with van der Waals surface area (Å²) in [7, 11) is 0. The Hall–Kier alpha value is -7.50. The summed E-state index contributed by atoms with van der Waals surface area (Å²) in [5.41, 5.74) is 23.3. The Balaban J connectivity index is 1.07. The normalized spacial score (nSPS) is 13.4. The average Bonchev–Trinajstić information content (AvgIpc) is 3.53. The first-order chi connectivity index (χ1) is 28.9. The third-order valence-electron chi connectivity index (χ3n) is 11.7. The van der Waals surface area contributed by atoms with Gasteiger partial charge in [0, 0.05) is 39.7 Å². The topological polar surface area (TPSA) is 76.5 Å². The van der Waals surface area contributed by atoms with Crippen molar-refractivity contribution in [1.29, 1.82) is 0 Å². The number of rotatable bonds is 7. The monoisotopic (exact) mass is 759 g/mol. The molecule has 0 amide bonds. The molecule has 0 bridgehead atoms. The van der Waals surface area contributed by atoms with Crippen molar-refractivity contribution in [3.63, 3.8) is 0 Å². The lowest BCUT2D eigenvalue weighted by molar-refractivity contribution is 0.660. The fourth-order valence-electron chi connectivity index (χ4n) is 8.58. The van der Waals surface area contributed by atoms with Crippen LogP contribution in [0.15, 0.2) is 198 Å². The lowest BCUT2D eigenvalue weighted by Crippen LogP contribution is -2.16. The van der Waals surface area contributed by atoms with Crippen LogP contribution in [0.5, 0.6) is 0 Å². The van der Waals surface area contributed by atoms with E-state index in [-0.39, 0.29) is 5.41 Å². The van der Waals surface area contributed by atoms with E-state index in [2.05, 4.69) is 128 Å². The van der Waals surface area contributed by atoms with E-state index >= 15 is 0 Å². The molecule has 0 saturated heterocycles. The zero-order valence-corrected chi connectivity index (χ0v) is 33.0.